The highest BCUT2D eigenvalue weighted by atomic mass is 16.6. The zero-order valence-electron chi connectivity index (χ0n) is 16.1. The van der Waals surface area contributed by atoms with Gasteiger partial charge in [0.1, 0.15) is 11.6 Å². The zero-order valence-corrected chi connectivity index (χ0v) is 16.1. The molecule has 3 rings (SSSR count). The largest absolute Gasteiger partial charge is 0.497 e. The molecule has 1 heterocycles. The second-order valence-electron chi connectivity index (χ2n) is 6.14. The van der Waals surface area contributed by atoms with Crippen LogP contribution in [0.2, 0.25) is 0 Å². The van der Waals surface area contributed by atoms with Gasteiger partial charge in [0.25, 0.3) is 5.69 Å². The smallest absolute Gasteiger partial charge is 0.269 e. The second kappa shape index (κ2) is 8.47. The van der Waals surface area contributed by atoms with E-state index in [1.54, 1.807) is 19.2 Å². The molecule has 0 amide bonds. The van der Waals surface area contributed by atoms with Gasteiger partial charge in [-0.3, -0.25) is 10.1 Å². The lowest BCUT2D eigenvalue weighted by molar-refractivity contribution is -0.384. The van der Waals surface area contributed by atoms with Crippen molar-refractivity contribution in [3.8, 4) is 5.75 Å². The van der Waals surface area contributed by atoms with E-state index in [1.165, 1.54) is 12.1 Å². The highest BCUT2D eigenvalue weighted by Gasteiger charge is 2.12. The van der Waals surface area contributed by atoms with E-state index in [1.807, 2.05) is 30.4 Å². The maximum absolute atomic E-state index is 10.8. The van der Waals surface area contributed by atoms with Crippen LogP contribution in [0.5, 0.6) is 5.75 Å². The average Bonchev–Trinajstić information content (AvgIpc) is 2.73. The molecule has 1 aromatic heterocycles. The minimum atomic E-state index is -0.412. The number of fused-ring (bicyclic) bond motifs is 1. The third kappa shape index (κ3) is 4.09. The normalized spacial score (nSPS) is 11.1. The van der Waals surface area contributed by atoms with Crippen molar-refractivity contribution in [2.75, 3.05) is 25.1 Å². The van der Waals surface area contributed by atoms with Crippen molar-refractivity contribution in [1.82, 2.24) is 9.97 Å². The third-order valence-electron chi connectivity index (χ3n) is 4.49. The van der Waals surface area contributed by atoms with Crippen LogP contribution in [-0.2, 0) is 0 Å². The van der Waals surface area contributed by atoms with Crippen LogP contribution in [0.3, 0.4) is 0 Å². The molecule has 0 spiro atoms. The van der Waals surface area contributed by atoms with Crippen molar-refractivity contribution >= 4 is 34.6 Å². The summed E-state index contributed by atoms with van der Waals surface area (Å²) in [5.41, 5.74) is 1.74. The van der Waals surface area contributed by atoms with Gasteiger partial charge in [0, 0.05) is 30.6 Å². The molecule has 0 bridgehead atoms. The number of hydrogen-bond acceptors (Lipinski definition) is 6. The lowest BCUT2D eigenvalue weighted by Gasteiger charge is -2.22. The molecule has 0 radical (unpaired) electrons. The monoisotopic (exact) mass is 378 g/mol. The molecule has 0 unspecified atom stereocenters. The molecule has 7 nitrogen and oxygen atoms in total. The van der Waals surface area contributed by atoms with Crippen LogP contribution in [0.1, 0.15) is 25.2 Å². The molecule has 0 saturated carbocycles. The van der Waals surface area contributed by atoms with Gasteiger partial charge in [-0.25, -0.2) is 9.97 Å². The van der Waals surface area contributed by atoms with Crippen LogP contribution >= 0.6 is 0 Å². The van der Waals surface area contributed by atoms with E-state index in [0.717, 1.165) is 41.1 Å². The first-order chi connectivity index (χ1) is 13.5. The lowest BCUT2D eigenvalue weighted by atomic mass is 10.2. The van der Waals surface area contributed by atoms with Gasteiger partial charge in [0.2, 0.25) is 0 Å². The van der Waals surface area contributed by atoms with Gasteiger partial charge in [-0.15, -0.1) is 0 Å². The Balaban J connectivity index is 2.02. The summed E-state index contributed by atoms with van der Waals surface area (Å²) in [5, 5.41) is 11.7. The van der Waals surface area contributed by atoms with Gasteiger partial charge in [0.15, 0.2) is 5.82 Å². The van der Waals surface area contributed by atoms with Crippen molar-refractivity contribution in [3.05, 3.63) is 64.0 Å². The fraction of sp³-hybridized carbons (Fsp3) is 0.238. The zero-order chi connectivity index (χ0) is 20.1. The Morgan fingerprint density at radius 3 is 2.39 bits per heavy atom. The van der Waals surface area contributed by atoms with Gasteiger partial charge in [-0.05, 0) is 55.8 Å². The first-order valence-electron chi connectivity index (χ1n) is 9.09. The van der Waals surface area contributed by atoms with Gasteiger partial charge in [-0.1, -0.05) is 6.08 Å². The average molecular weight is 378 g/mol. The number of non-ortho nitro benzene ring substituents is 1. The predicted octanol–water partition coefficient (Wildman–Crippen LogP) is 4.56. The number of aromatic nitrogens is 2. The molecule has 0 saturated heterocycles. The molecule has 0 N–H and O–H groups in total. The predicted molar refractivity (Wildman–Crippen MR) is 112 cm³/mol. The Morgan fingerprint density at radius 1 is 1.07 bits per heavy atom. The van der Waals surface area contributed by atoms with Gasteiger partial charge < -0.3 is 9.64 Å². The molecule has 28 heavy (non-hydrogen) atoms. The van der Waals surface area contributed by atoms with Gasteiger partial charge >= 0.3 is 0 Å². The first kappa shape index (κ1) is 19.3. The Kier molecular flexibility index (Phi) is 5.84. The van der Waals surface area contributed by atoms with E-state index in [4.69, 9.17) is 9.72 Å². The van der Waals surface area contributed by atoms with Gasteiger partial charge in [0.05, 0.1) is 17.5 Å². The summed E-state index contributed by atoms with van der Waals surface area (Å²) in [7, 11) is 1.64. The number of benzene rings is 2. The van der Waals surface area contributed by atoms with Crippen molar-refractivity contribution in [2.45, 2.75) is 13.8 Å². The van der Waals surface area contributed by atoms with Crippen molar-refractivity contribution in [1.29, 1.82) is 0 Å². The summed E-state index contributed by atoms with van der Waals surface area (Å²) in [5.74, 6) is 2.20. The van der Waals surface area contributed by atoms with Crippen molar-refractivity contribution in [2.24, 2.45) is 0 Å². The maximum atomic E-state index is 10.8. The highest BCUT2D eigenvalue weighted by Crippen LogP contribution is 2.28. The van der Waals surface area contributed by atoms with Crippen LogP contribution in [0.4, 0.5) is 11.5 Å². The van der Waals surface area contributed by atoms with Crippen molar-refractivity contribution < 1.29 is 9.66 Å². The van der Waals surface area contributed by atoms with Crippen LogP contribution in [0, 0.1) is 10.1 Å². The minimum Gasteiger partial charge on any atom is -0.497 e. The van der Waals surface area contributed by atoms with Crippen LogP contribution in [0.25, 0.3) is 23.1 Å². The summed E-state index contributed by atoms with van der Waals surface area (Å²) >= 11 is 0. The lowest BCUT2D eigenvalue weighted by Crippen LogP contribution is -2.23. The maximum Gasteiger partial charge on any atom is 0.269 e. The Morgan fingerprint density at radius 2 is 1.79 bits per heavy atom. The number of nitro benzene ring substituents is 1. The number of ether oxygens (including phenoxy) is 1. The third-order valence-corrected chi connectivity index (χ3v) is 4.49. The molecule has 3 aromatic rings. The quantitative estimate of drug-likeness (QED) is 0.443. The number of nitrogens with zero attached hydrogens (tertiary/aromatic N) is 4. The first-order valence-corrected chi connectivity index (χ1v) is 9.09. The molecule has 0 aliphatic carbocycles. The summed E-state index contributed by atoms with van der Waals surface area (Å²) in [6.45, 7) is 5.82. The summed E-state index contributed by atoms with van der Waals surface area (Å²) < 4.78 is 5.35. The highest BCUT2D eigenvalue weighted by molar-refractivity contribution is 5.91. The standard InChI is InChI=1S/C21H22N4O3/c1-4-24(5-2)21-18-14-17(28-3)11-12-19(18)22-20(23-21)13-8-15-6-9-16(10-7-15)25(26)27/h6-14H,4-5H2,1-3H3/b13-8-. The van der Waals surface area contributed by atoms with E-state index in [2.05, 4.69) is 23.7 Å². The number of anilines is 1. The minimum absolute atomic E-state index is 0.0665. The summed E-state index contributed by atoms with van der Waals surface area (Å²) in [4.78, 5) is 21.9. The van der Waals surface area contributed by atoms with E-state index in [9.17, 15) is 10.1 Å². The summed E-state index contributed by atoms with van der Waals surface area (Å²) in [6, 6.07) is 12.1. The van der Waals surface area contributed by atoms with Crippen LogP contribution < -0.4 is 9.64 Å². The number of nitro groups is 1. The molecule has 0 aliphatic heterocycles. The van der Waals surface area contributed by atoms with Crippen molar-refractivity contribution in [3.63, 3.8) is 0 Å². The molecular weight excluding hydrogens is 356 g/mol. The van der Waals surface area contributed by atoms with Crippen LogP contribution in [0.15, 0.2) is 42.5 Å². The summed E-state index contributed by atoms with van der Waals surface area (Å²) in [6.07, 6.45) is 3.66. The van der Waals surface area contributed by atoms with E-state index in [0.29, 0.717) is 5.82 Å². The topological polar surface area (TPSA) is 81.4 Å². The molecule has 0 aliphatic rings. The van der Waals surface area contributed by atoms with Crippen LogP contribution in [-0.4, -0.2) is 35.1 Å². The molecule has 144 valence electrons. The number of methoxy groups -OCH3 is 1. The van der Waals surface area contributed by atoms with Gasteiger partial charge in [-0.2, -0.15) is 0 Å². The molecular formula is C21H22N4O3. The van der Waals surface area contributed by atoms with E-state index >= 15 is 0 Å². The number of hydrogen-bond donors (Lipinski definition) is 0. The fourth-order valence-electron chi connectivity index (χ4n) is 2.95. The molecule has 7 heteroatoms. The Labute approximate surface area is 163 Å². The van der Waals surface area contributed by atoms with E-state index in [-0.39, 0.29) is 5.69 Å². The molecule has 0 fully saturated rings. The fourth-order valence-corrected chi connectivity index (χ4v) is 2.95. The van der Waals surface area contributed by atoms with E-state index < -0.39 is 4.92 Å². The molecule has 2 aromatic carbocycles. The SMILES string of the molecule is CCN(CC)c1nc(/C=C\c2ccc([N+](=O)[O-])cc2)nc2ccc(OC)cc12. The second-order valence-corrected chi connectivity index (χ2v) is 6.14. The Bertz CT molecular complexity index is 1010. The molecule has 0 atom stereocenters. The number of rotatable bonds is 7. The Hall–Kier alpha value is -3.48.